The normalized spacial score (nSPS) is 23.6. The number of likely N-dealkylation sites (N-methyl/N-ethyl adjacent to an activating group) is 1. The number of carbonyl (C=O) groups is 1. The topological polar surface area (TPSA) is 26.8 Å². The molecule has 2 saturated heterocycles. The van der Waals surface area contributed by atoms with Gasteiger partial charge in [0.25, 0.3) is 0 Å². The Morgan fingerprint density at radius 2 is 1.95 bits per heavy atom. The molecule has 3 rings (SSSR count). The van der Waals surface area contributed by atoms with Crippen LogP contribution in [0.3, 0.4) is 0 Å². The maximum atomic E-state index is 13.0. The van der Waals surface area contributed by atoms with Gasteiger partial charge in [-0.2, -0.15) is 0 Å². The molecule has 22 heavy (non-hydrogen) atoms. The van der Waals surface area contributed by atoms with Gasteiger partial charge >= 0.3 is 0 Å². The van der Waals surface area contributed by atoms with Gasteiger partial charge in [-0.1, -0.05) is 6.07 Å². The van der Waals surface area contributed by atoms with E-state index in [9.17, 15) is 4.79 Å². The zero-order valence-electron chi connectivity index (χ0n) is 13.9. The number of rotatable bonds is 3. The average molecular weight is 321 g/mol. The summed E-state index contributed by atoms with van der Waals surface area (Å²) in [6, 6.07) is 4.62. The van der Waals surface area contributed by atoms with E-state index in [1.54, 1.807) is 0 Å². The molecule has 0 N–H and O–H groups in total. The third-order valence-corrected chi connectivity index (χ3v) is 6.19. The largest absolute Gasteiger partial charge is 0.337 e. The number of carbonyl (C=O) groups excluding carboxylic acids is 1. The molecule has 0 bridgehead atoms. The van der Waals surface area contributed by atoms with Crippen molar-refractivity contribution >= 4 is 17.2 Å². The van der Waals surface area contributed by atoms with Gasteiger partial charge in [-0.25, -0.2) is 0 Å². The highest BCUT2D eigenvalue weighted by Gasteiger charge is 2.49. The van der Waals surface area contributed by atoms with Crippen LogP contribution in [0.15, 0.2) is 17.5 Å². The van der Waals surface area contributed by atoms with Crippen LogP contribution in [0.1, 0.15) is 31.6 Å². The van der Waals surface area contributed by atoms with E-state index in [0.29, 0.717) is 11.9 Å². The second-order valence-corrected chi connectivity index (χ2v) is 7.93. The molecule has 1 amide bonds. The van der Waals surface area contributed by atoms with Crippen molar-refractivity contribution in [2.24, 2.45) is 0 Å². The number of hydrogen-bond acceptors (Lipinski definition) is 4. The van der Waals surface area contributed by atoms with E-state index >= 15 is 0 Å². The van der Waals surface area contributed by atoms with E-state index in [2.05, 4.69) is 53.1 Å². The maximum absolute atomic E-state index is 13.0. The van der Waals surface area contributed by atoms with E-state index < -0.39 is 0 Å². The molecule has 0 atom stereocenters. The van der Waals surface area contributed by atoms with Crippen LogP contribution >= 0.6 is 11.3 Å². The van der Waals surface area contributed by atoms with Crippen LogP contribution in [0, 0.1) is 0 Å². The minimum absolute atomic E-state index is 0.255. The molecule has 0 saturated carbocycles. The second kappa shape index (κ2) is 6.30. The molecule has 4 nitrogen and oxygen atoms in total. The summed E-state index contributed by atoms with van der Waals surface area (Å²) in [5.74, 6) is 0.354. The van der Waals surface area contributed by atoms with Crippen LogP contribution in [0.4, 0.5) is 0 Å². The summed E-state index contributed by atoms with van der Waals surface area (Å²) in [5, 5.41) is 2.14. The Labute approximate surface area is 137 Å². The first-order valence-electron chi connectivity index (χ1n) is 8.30. The van der Waals surface area contributed by atoms with Gasteiger partial charge in [0, 0.05) is 43.6 Å². The fourth-order valence-corrected chi connectivity index (χ4v) is 4.54. The van der Waals surface area contributed by atoms with Gasteiger partial charge in [0.2, 0.25) is 5.91 Å². The molecule has 0 unspecified atom stereocenters. The lowest BCUT2D eigenvalue weighted by atomic mass is 9.82. The van der Waals surface area contributed by atoms with Gasteiger partial charge < -0.3 is 4.90 Å². The van der Waals surface area contributed by atoms with Crippen molar-refractivity contribution in [3.05, 3.63) is 22.4 Å². The van der Waals surface area contributed by atoms with Gasteiger partial charge in [0.15, 0.2) is 0 Å². The summed E-state index contributed by atoms with van der Waals surface area (Å²) in [6.07, 6.45) is 1.91. The van der Waals surface area contributed by atoms with E-state index in [1.807, 2.05) is 11.3 Å². The number of likely N-dealkylation sites (tertiary alicyclic amines) is 1. The highest BCUT2D eigenvalue weighted by atomic mass is 32.1. The predicted octanol–water partition coefficient (Wildman–Crippen LogP) is 2.27. The third kappa shape index (κ3) is 2.82. The first kappa shape index (κ1) is 16.0. The SMILES string of the molecule is CC(C)N1CCN(C)C2(CCN(Cc3cccs3)CC2)C1=O. The van der Waals surface area contributed by atoms with E-state index in [1.165, 1.54) is 4.88 Å². The Kier molecular flexibility index (Phi) is 4.57. The first-order chi connectivity index (χ1) is 10.5. The monoisotopic (exact) mass is 321 g/mol. The number of nitrogens with zero attached hydrogens (tertiary/aromatic N) is 3. The molecule has 5 heteroatoms. The van der Waals surface area contributed by atoms with Gasteiger partial charge in [-0.3, -0.25) is 14.6 Å². The molecular weight excluding hydrogens is 294 g/mol. The molecule has 3 heterocycles. The zero-order chi connectivity index (χ0) is 15.7. The standard InChI is InChI=1S/C17H27N3OS/c1-14(2)20-11-10-18(3)17(16(20)21)6-8-19(9-7-17)13-15-5-4-12-22-15/h4-5,12,14H,6-11,13H2,1-3H3. The summed E-state index contributed by atoms with van der Waals surface area (Å²) >= 11 is 1.82. The highest BCUT2D eigenvalue weighted by Crippen LogP contribution is 2.34. The number of piperazine rings is 1. The molecule has 0 aliphatic carbocycles. The smallest absolute Gasteiger partial charge is 0.243 e. The van der Waals surface area contributed by atoms with Gasteiger partial charge in [-0.15, -0.1) is 11.3 Å². The van der Waals surface area contributed by atoms with Crippen molar-refractivity contribution in [2.75, 3.05) is 33.2 Å². The Morgan fingerprint density at radius 1 is 1.23 bits per heavy atom. The van der Waals surface area contributed by atoms with E-state index in [4.69, 9.17) is 0 Å². The average Bonchev–Trinajstić information content (AvgIpc) is 2.99. The van der Waals surface area contributed by atoms with Crippen LogP contribution in [0.5, 0.6) is 0 Å². The number of thiophene rings is 1. The Bertz CT molecular complexity index is 506. The number of hydrogen-bond donors (Lipinski definition) is 0. The molecule has 1 spiro atoms. The molecule has 2 aliphatic rings. The maximum Gasteiger partial charge on any atom is 0.243 e. The summed E-state index contributed by atoms with van der Waals surface area (Å²) < 4.78 is 0. The second-order valence-electron chi connectivity index (χ2n) is 6.90. The molecule has 2 fully saturated rings. The number of amides is 1. The van der Waals surface area contributed by atoms with Crippen molar-refractivity contribution in [1.29, 1.82) is 0 Å². The van der Waals surface area contributed by atoms with Gasteiger partial charge in [0.1, 0.15) is 5.54 Å². The van der Waals surface area contributed by atoms with Gasteiger partial charge in [-0.05, 0) is 45.2 Å². The molecular formula is C17H27N3OS. The van der Waals surface area contributed by atoms with E-state index in [-0.39, 0.29) is 5.54 Å². The van der Waals surface area contributed by atoms with Crippen LogP contribution in [-0.2, 0) is 11.3 Å². The lowest BCUT2D eigenvalue weighted by Gasteiger charge is -2.52. The number of piperidine rings is 1. The molecule has 122 valence electrons. The van der Waals surface area contributed by atoms with Gasteiger partial charge in [0.05, 0.1) is 0 Å². The molecule has 1 aromatic heterocycles. The Balaban J connectivity index is 1.68. The Hall–Kier alpha value is -0.910. The minimum Gasteiger partial charge on any atom is -0.337 e. The fraction of sp³-hybridized carbons (Fsp3) is 0.706. The predicted molar refractivity (Wildman–Crippen MR) is 91.0 cm³/mol. The lowest BCUT2D eigenvalue weighted by molar-refractivity contribution is -0.156. The van der Waals surface area contributed by atoms with Crippen molar-refractivity contribution in [3.8, 4) is 0 Å². The van der Waals surface area contributed by atoms with Crippen molar-refractivity contribution in [3.63, 3.8) is 0 Å². The quantitative estimate of drug-likeness (QED) is 0.854. The first-order valence-corrected chi connectivity index (χ1v) is 9.18. The minimum atomic E-state index is -0.255. The van der Waals surface area contributed by atoms with E-state index in [0.717, 1.165) is 45.6 Å². The zero-order valence-corrected chi connectivity index (χ0v) is 14.7. The van der Waals surface area contributed by atoms with Crippen LogP contribution in [0.2, 0.25) is 0 Å². The van der Waals surface area contributed by atoms with Crippen molar-refractivity contribution in [2.45, 2.75) is 44.8 Å². The molecule has 0 aromatic carbocycles. The fourth-order valence-electron chi connectivity index (χ4n) is 3.80. The summed E-state index contributed by atoms with van der Waals surface area (Å²) in [5.41, 5.74) is -0.255. The van der Waals surface area contributed by atoms with Crippen LogP contribution in [0.25, 0.3) is 0 Å². The molecule has 1 aromatic rings. The summed E-state index contributed by atoms with van der Waals surface area (Å²) in [6.45, 7) is 9.17. The van der Waals surface area contributed by atoms with Crippen molar-refractivity contribution < 1.29 is 4.79 Å². The summed E-state index contributed by atoms with van der Waals surface area (Å²) in [4.78, 5) is 21.4. The third-order valence-electron chi connectivity index (χ3n) is 5.33. The lowest BCUT2D eigenvalue weighted by Crippen LogP contribution is -2.68. The molecule has 2 aliphatic heterocycles. The molecule has 0 radical (unpaired) electrons. The summed E-state index contributed by atoms with van der Waals surface area (Å²) in [7, 11) is 2.13. The Morgan fingerprint density at radius 3 is 2.55 bits per heavy atom. The highest BCUT2D eigenvalue weighted by molar-refractivity contribution is 7.09. The van der Waals surface area contributed by atoms with Crippen LogP contribution < -0.4 is 0 Å². The van der Waals surface area contributed by atoms with Crippen molar-refractivity contribution in [1.82, 2.24) is 14.7 Å². The van der Waals surface area contributed by atoms with Crippen LogP contribution in [-0.4, -0.2) is 65.4 Å².